The normalized spacial score (nSPS) is 11.5. The van der Waals surface area contributed by atoms with Gasteiger partial charge in [-0.05, 0) is 32.9 Å². The van der Waals surface area contributed by atoms with E-state index in [4.69, 9.17) is 22.9 Å². The fourth-order valence-corrected chi connectivity index (χ4v) is 2.62. The molecular formula is C17H16ClN5O2. The van der Waals surface area contributed by atoms with Crippen LogP contribution >= 0.6 is 11.6 Å². The Morgan fingerprint density at radius 2 is 2.08 bits per heavy atom. The Kier molecular flexibility index (Phi) is 4.01. The van der Waals surface area contributed by atoms with Gasteiger partial charge in [-0.3, -0.25) is 4.68 Å². The molecule has 0 aliphatic carbocycles. The van der Waals surface area contributed by atoms with Gasteiger partial charge in [-0.25, -0.2) is 9.64 Å². The number of rotatable bonds is 1. The zero-order valence-corrected chi connectivity index (χ0v) is 15.0. The Balaban J connectivity index is 2.26. The molecule has 7 nitrogen and oxygen atoms in total. The Morgan fingerprint density at radius 1 is 1.36 bits per heavy atom. The third kappa shape index (κ3) is 3.21. The van der Waals surface area contributed by atoms with Gasteiger partial charge in [0, 0.05) is 29.2 Å². The van der Waals surface area contributed by atoms with E-state index in [1.807, 2.05) is 0 Å². The van der Waals surface area contributed by atoms with Crippen molar-refractivity contribution in [1.82, 2.24) is 19.6 Å². The highest BCUT2D eigenvalue weighted by molar-refractivity contribution is 6.34. The van der Waals surface area contributed by atoms with E-state index >= 15 is 0 Å². The molecule has 128 valence electrons. The van der Waals surface area contributed by atoms with Gasteiger partial charge in [-0.15, -0.1) is 0 Å². The molecule has 0 atom stereocenters. The van der Waals surface area contributed by atoms with Crippen LogP contribution in [0.5, 0.6) is 0 Å². The molecule has 2 heterocycles. The Hall–Kier alpha value is -2.85. The number of aryl methyl sites for hydroxylation is 1. The van der Waals surface area contributed by atoms with Gasteiger partial charge >= 0.3 is 6.09 Å². The van der Waals surface area contributed by atoms with Crippen molar-refractivity contribution in [3.63, 3.8) is 0 Å². The first kappa shape index (κ1) is 17.0. The minimum atomic E-state index is -0.668. The third-order valence-electron chi connectivity index (χ3n) is 3.41. The van der Waals surface area contributed by atoms with E-state index in [2.05, 4.69) is 15.0 Å². The highest BCUT2D eigenvalue weighted by atomic mass is 35.5. The first-order valence-electron chi connectivity index (χ1n) is 7.52. The van der Waals surface area contributed by atoms with Crippen LogP contribution in [-0.4, -0.2) is 31.3 Å². The van der Waals surface area contributed by atoms with Crippen LogP contribution in [0.1, 0.15) is 20.8 Å². The number of carbonyl (C=O) groups is 1. The van der Waals surface area contributed by atoms with E-state index in [0.29, 0.717) is 21.6 Å². The maximum atomic E-state index is 12.6. The molecule has 0 fully saturated rings. The van der Waals surface area contributed by atoms with Crippen LogP contribution in [0.2, 0.25) is 5.02 Å². The number of hydrogen-bond donors (Lipinski definition) is 0. The van der Waals surface area contributed by atoms with Crippen LogP contribution in [0.3, 0.4) is 0 Å². The van der Waals surface area contributed by atoms with Crippen molar-refractivity contribution < 1.29 is 9.53 Å². The lowest BCUT2D eigenvalue weighted by Crippen LogP contribution is -2.27. The minimum Gasteiger partial charge on any atom is -0.442 e. The van der Waals surface area contributed by atoms with Gasteiger partial charge in [0.2, 0.25) is 5.69 Å². The molecule has 0 spiro atoms. The first-order valence-corrected chi connectivity index (χ1v) is 7.89. The average molecular weight is 358 g/mol. The van der Waals surface area contributed by atoms with Crippen molar-refractivity contribution >= 4 is 34.3 Å². The van der Waals surface area contributed by atoms with E-state index in [0.717, 1.165) is 10.2 Å². The zero-order chi connectivity index (χ0) is 18.4. The lowest BCUT2D eigenvalue weighted by atomic mass is 10.1. The van der Waals surface area contributed by atoms with Gasteiger partial charge in [-0.2, -0.15) is 14.9 Å². The molecule has 0 saturated heterocycles. The quantitative estimate of drug-likeness (QED) is 0.604. The fourth-order valence-electron chi connectivity index (χ4n) is 2.41. The summed E-state index contributed by atoms with van der Waals surface area (Å²) in [5.74, 6) is 0. The molecule has 0 aliphatic rings. The fraction of sp³-hybridized carbons (Fsp3) is 0.294. The summed E-state index contributed by atoms with van der Waals surface area (Å²) in [6, 6.07) is 3.18. The molecule has 2 aromatic heterocycles. The molecule has 0 saturated carbocycles. The van der Waals surface area contributed by atoms with E-state index in [9.17, 15) is 4.79 Å². The molecule has 0 radical (unpaired) electrons. The summed E-state index contributed by atoms with van der Waals surface area (Å²) in [4.78, 5) is 15.9. The van der Waals surface area contributed by atoms with Gasteiger partial charge in [-0.1, -0.05) is 11.6 Å². The molecule has 0 amide bonds. The number of nitrogens with zero attached hydrogens (tertiary/aromatic N) is 5. The Morgan fingerprint density at radius 3 is 2.64 bits per heavy atom. The summed E-state index contributed by atoms with van der Waals surface area (Å²) < 4.78 is 8.22. The van der Waals surface area contributed by atoms with E-state index in [1.165, 1.54) is 0 Å². The highest BCUT2D eigenvalue weighted by Crippen LogP contribution is 2.35. The van der Waals surface area contributed by atoms with E-state index < -0.39 is 11.7 Å². The molecule has 0 unspecified atom stereocenters. The smallest absolute Gasteiger partial charge is 0.435 e. The number of carbonyl (C=O) groups excluding carboxylic acids is 1. The number of aromatic nitrogens is 4. The van der Waals surface area contributed by atoms with Crippen molar-refractivity contribution in [2.75, 3.05) is 0 Å². The maximum Gasteiger partial charge on any atom is 0.435 e. The standard InChI is InChI=1S/C17H16ClN5O2/c1-17(2,3)25-16(24)23-14-7-13(19-4)12(18)6-11(14)15(21-23)10-8-20-22(5)9-10/h6-9H,1-3,5H3. The molecule has 3 aromatic rings. The maximum absolute atomic E-state index is 12.6. The lowest BCUT2D eigenvalue weighted by Gasteiger charge is -2.19. The summed E-state index contributed by atoms with van der Waals surface area (Å²) in [6.45, 7) is 12.6. The van der Waals surface area contributed by atoms with Crippen molar-refractivity contribution in [2.45, 2.75) is 26.4 Å². The van der Waals surface area contributed by atoms with Gasteiger partial charge in [0.1, 0.15) is 11.3 Å². The molecule has 0 N–H and O–H groups in total. The van der Waals surface area contributed by atoms with E-state index in [1.54, 1.807) is 57.0 Å². The third-order valence-corrected chi connectivity index (χ3v) is 3.72. The van der Waals surface area contributed by atoms with Crippen LogP contribution in [0.25, 0.3) is 27.0 Å². The molecule has 3 rings (SSSR count). The van der Waals surface area contributed by atoms with E-state index in [-0.39, 0.29) is 5.69 Å². The second-order valence-corrected chi connectivity index (χ2v) is 6.98. The number of hydrogen-bond acceptors (Lipinski definition) is 4. The second-order valence-electron chi connectivity index (χ2n) is 6.58. The largest absolute Gasteiger partial charge is 0.442 e. The topological polar surface area (TPSA) is 66.3 Å². The SMILES string of the molecule is [C-]#[N+]c1cc2c(cc1Cl)c(-c1cnn(C)c1)nn2C(=O)OC(C)(C)C. The van der Waals surface area contributed by atoms with Crippen LogP contribution in [0.15, 0.2) is 24.5 Å². The number of ether oxygens (including phenoxy) is 1. The molecule has 0 bridgehead atoms. The summed E-state index contributed by atoms with van der Waals surface area (Å²) in [5.41, 5.74) is 1.33. The number of benzene rings is 1. The summed E-state index contributed by atoms with van der Waals surface area (Å²) >= 11 is 6.18. The van der Waals surface area contributed by atoms with Crippen molar-refractivity contribution in [1.29, 1.82) is 0 Å². The lowest BCUT2D eigenvalue weighted by molar-refractivity contribution is 0.0523. The Bertz CT molecular complexity index is 1020. The predicted molar refractivity (Wildman–Crippen MR) is 94.8 cm³/mol. The van der Waals surface area contributed by atoms with Crippen LogP contribution in [0.4, 0.5) is 10.5 Å². The molecular weight excluding hydrogens is 342 g/mol. The summed E-state index contributed by atoms with van der Waals surface area (Å²) in [7, 11) is 1.79. The van der Waals surface area contributed by atoms with Gasteiger partial charge in [0.05, 0.1) is 18.3 Å². The summed E-state index contributed by atoms with van der Waals surface area (Å²) in [5, 5.41) is 9.49. The first-order chi connectivity index (χ1) is 11.7. The Labute approximate surface area is 149 Å². The average Bonchev–Trinajstić information content (AvgIpc) is 3.08. The minimum absolute atomic E-state index is 0.247. The van der Waals surface area contributed by atoms with Crippen LogP contribution < -0.4 is 0 Å². The summed E-state index contributed by atoms with van der Waals surface area (Å²) in [6.07, 6.45) is 2.82. The zero-order valence-electron chi connectivity index (χ0n) is 14.2. The molecule has 8 heteroatoms. The predicted octanol–water partition coefficient (Wildman–Crippen LogP) is 4.42. The second kappa shape index (κ2) is 5.90. The monoisotopic (exact) mass is 357 g/mol. The van der Waals surface area contributed by atoms with Crippen LogP contribution in [0, 0.1) is 6.57 Å². The molecule has 0 aliphatic heterocycles. The van der Waals surface area contributed by atoms with Gasteiger partial charge < -0.3 is 4.74 Å². The highest BCUT2D eigenvalue weighted by Gasteiger charge is 2.24. The van der Waals surface area contributed by atoms with Gasteiger partial charge in [0.15, 0.2) is 0 Å². The van der Waals surface area contributed by atoms with Crippen molar-refractivity contribution in [2.24, 2.45) is 7.05 Å². The molecule has 1 aromatic carbocycles. The number of halogens is 1. The number of fused-ring (bicyclic) bond motifs is 1. The van der Waals surface area contributed by atoms with Crippen LogP contribution in [-0.2, 0) is 11.8 Å². The molecule has 25 heavy (non-hydrogen) atoms. The van der Waals surface area contributed by atoms with Crippen molar-refractivity contribution in [3.05, 3.63) is 41.0 Å². The van der Waals surface area contributed by atoms with Crippen molar-refractivity contribution in [3.8, 4) is 11.3 Å². The van der Waals surface area contributed by atoms with Gasteiger partial charge in [0.25, 0.3) is 0 Å².